The van der Waals surface area contributed by atoms with E-state index in [4.69, 9.17) is 22.8 Å². The summed E-state index contributed by atoms with van der Waals surface area (Å²) in [5.41, 5.74) is 0.998. The van der Waals surface area contributed by atoms with E-state index in [1.165, 1.54) is 0 Å². The van der Waals surface area contributed by atoms with E-state index < -0.39 is 0 Å². The lowest BCUT2D eigenvalue weighted by molar-refractivity contribution is 0.368. The maximum Gasteiger partial charge on any atom is 0.148 e. The molecule has 2 heteroatoms. The molecule has 0 aliphatic carbocycles. The minimum atomic E-state index is 0.294. The Morgan fingerprint density at radius 1 is 1.58 bits per heavy atom. The zero-order valence-electron chi connectivity index (χ0n) is 6.80. The largest absolute Gasteiger partial charge is 0.481 e. The summed E-state index contributed by atoms with van der Waals surface area (Å²) in [6.07, 6.45) is 5.06. The Morgan fingerprint density at radius 3 is 2.92 bits per heavy atom. The van der Waals surface area contributed by atoms with Gasteiger partial charge in [-0.3, -0.25) is 0 Å². The van der Waals surface area contributed by atoms with Crippen LogP contribution in [0, 0.1) is 19.3 Å². The molecule has 62 valence electrons. The molecule has 0 unspecified atom stereocenters. The van der Waals surface area contributed by atoms with Crippen LogP contribution in [0.1, 0.15) is 5.56 Å². The highest BCUT2D eigenvalue weighted by Gasteiger charge is 1.98. The van der Waals surface area contributed by atoms with Gasteiger partial charge in [-0.05, 0) is 30.7 Å². The maximum atomic E-state index is 5.76. The van der Waals surface area contributed by atoms with Gasteiger partial charge in [0.2, 0.25) is 0 Å². The Kier molecular flexibility index (Phi) is 3.01. The fourth-order valence-electron chi connectivity index (χ4n) is 0.894. The lowest BCUT2D eigenvalue weighted by Gasteiger charge is -2.05. The van der Waals surface area contributed by atoms with Crippen molar-refractivity contribution in [3.05, 3.63) is 28.8 Å². The van der Waals surface area contributed by atoms with Crippen molar-refractivity contribution < 1.29 is 4.74 Å². The van der Waals surface area contributed by atoms with Crippen LogP contribution in [0.25, 0.3) is 0 Å². The maximum absolute atomic E-state index is 5.76. The summed E-state index contributed by atoms with van der Waals surface area (Å²) >= 11 is 5.76. The average molecular weight is 181 g/mol. The summed E-state index contributed by atoms with van der Waals surface area (Å²) in [6, 6.07) is 5.43. The molecule has 0 amide bonds. The topological polar surface area (TPSA) is 9.23 Å². The lowest BCUT2D eigenvalue weighted by atomic mass is 10.2. The Balaban J connectivity index is 2.81. The van der Waals surface area contributed by atoms with Crippen molar-refractivity contribution in [3.8, 4) is 18.1 Å². The number of hydrogen-bond acceptors (Lipinski definition) is 1. The van der Waals surface area contributed by atoms with Crippen LogP contribution in [-0.4, -0.2) is 6.61 Å². The number of aryl methyl sites for hydroxylation is 1. The molecule has 0 saturated heterocycles. The number of halogens is 1. The molecule has 0 aliphatic heterocycles. The van der Waals surface area contributed by atoms with E-state index >= 15 is 0 Å². The molecule has 0 fully saturated rings. The first-order valence-electron chi connectivity index (χ1n) is 3.56. The molecule has 12 heavy (non-hydrogen) atoms. The molecule has 0 radical (unpaired) electrons. The number of rotatable bonds is 2. The van der Waals surface area contributed by atoms with Crippen LogP contribution < -0.4 is 4.74 Å². The van der Waals surface area contributed by atoms with Crippen molar-refractivity contribution in [2.24, 2.45) is 0 Å². The van der Waals surface area contributed by atoms with Gasteiger partial charge in [0.15, 0.2) is 0 Å². The first-order chi connectivity index (χ1) is 5.74. The minimum Gasteiger partial charge on any atom is -0.481 e. The van der Waals surface area contributed by atoms with Crippen molar-refractivity contribution in [2.75, 3.05) is 6.61 Å². The number of benzene rings is 1. The summed E-state index contributed by atoms with van der Waals surface area (Å²) < 4.78 is 5.25. The van der Waals surface area contributed by atoms with Crippen LogP contribution in [0.4, 0.5) is 0 Å². The normalized spacial score (nSPS) is 9.08. The Labute approximate surface area is 77.3 Å². The van der Waals surface area contributed by atoms with Gasteiger partial charge in [0.25, 0.3) is 0 Å². The van der Waals surface area contributed by atoms with E-state index in [0.717, 1.165) is 11.3 Å². The summed E-state index contributed by atoms with van der Waals surface area (Å²) in [7, 11) is 0. The van der Waals surface area contributed by atoms with Gasteiger partial charge in [-0.15, -0.1) is 6.42 Å². The summed E-state index contributed by atoms with van der Waals surface area (Å²) in [5.74, 6) is 3.19. The van der Waals surface area contributed by atoms with Gasteiger partial charge in [-0.25, -0.2) is 0 Å². The van der Waals surface area contributed by atoms with Gasteiger partial charge in [-0.2, -0.15) is 0 Å². The molecule has 1 nitrogen and oxygen atoms in total. The monoisotopic (exact) mass is 180 g/mol. The summed E-state index contributed by atoms with van der Waals surface area (Å²) in [4.78, 5) is 0. The third-order valence-corrected chi connectivity index (χ3v) is 1.68. The van der Waals surface area contributed by atoms with Gasteiger partial charge < -0.3 is 4.74 Å². The zero-order valence-corrected chi connectivity index (χ0v) is 7.56. The van der Waals surface area contributed by atoms with Crippen LogP contribution in [0.2, 0.25) is 5.02 Å². The predicted molar refractivity (Wildman–Crippen MR) is 50.5 cm³/mol. The molecular weight excluding hydrogens is 172 g/mol. The van der Waals surface area contributed by atoms with Crippen molar-refractivity contribution in [2.45, 2.75) is 6.92 Å². The van der Waals surface area contributed by atoms with Crippen molar-refractivity contribution >= 4 is 11.6 Å². The summed E-state index contributed by atoms with van der Waals surface area (Å²) in [5, 5.41) is 0.709. The van der Waals surface area contributed by atoms with E-state index in [9.17, 15) is 0 Å². The van der Waals surface area contributed by atoms with Crippen molar-refractivity contribution in [1.82, 2.24) is 0 Å². The van der Waals surface area contributed by atoms with Gasteiger partial charge in [0.05, 0.1) is 0 Å². The van der Waals surface area contributed by atoms with Gasteiger partial charge >= 0.3 is 0 Å². The molecule has 0 aliphatic rings. The lowest BCUT2D eigenvalue weighted by Crippen LogP contribution is -1.94. The van der Waals surface area contributed by atoms with Crippen LogP contribution in [0.5, 0.6) is 5.75 Å². The molecule has 1 aromatic carbocycles. The second-order valence-corrected chi connectivity index (χ2v) is 2.84. The highest BCUT2D eigenvalue weighted by molar-refractivity contribution is 6.30. The third kappa shape index (κ3) is 2.18. The molecule has 0 bridgehead atoms. The second kappa shape index (κ2) is 4.04. The number of ether oxygens (including phenoxy) is 1. The SMILES string of the molecule is C#CCOc1ccc(Cl)cc1C. The first kappa shape index (κ1) is 8.96. The molecule has 0 saturated carbocycles. The Bertz CT molecular complexity index is 312. The average Bonchev–Trinajstić information content (AvgIpc) is 2.03. The molecule has 0 aromatic heterocycles. The van der Waals surface area contributed by atoms with Gasteiger partial charge in [0, 0.05) is 5.02 Å². The predicted octanol–water partition coefficient (Wildman–Crippen LogP) is 2.66. The van der Waals surface area contributed by atoms with Crippen LogP contribution >= 0.6 is 11.6 Å². The van der Waals surface area contributed by atoms with E-state index in [-0.39, 0.29) is 0 Å². The van der Waals surface area contributed by atoms with Crippen LogP contribution in [0.3, 0.4) is 0 Å². The van der Waals surface area contributed by atoms with Crippen LogP contribution in [0.15, 0.2) is 18.2 Å². The molecule has 0 spiro atoms. The fraction of sp³-hybridized carbons (Fsp3) is 0.200. The Morgan fingerprint density at radius 2 is 2.33 bits per heavy atom. The molecule has 0 N–H and O–H groups in total. The molecule has 0 heterocycles. The number of hydrogen-bond donors (Lipinski definition) is 0. The quantitative estimate of drug-likeness (QED) is 0.636. The summed E-state index contributed by atoms with van der Waals surface area (Å²) in [6.45, 7) is 2.22. The van der Waals surface area contributed by atoms with Crippen molar-refractivity contribution in [1.29, 1.82) is 0 Å². The Hall–Kier alpha value is -1.13. The number of terminal acetylenes is 1. The molecule has 1 rings (SSSR count). The zero-order chi connectivity index (χ0) is 8.97. The molecule has 1 aromatic rings. The van der Waals surface area contributed by atoms with E-state index in [1.54, 1.807) is 6.07 Å². The van der Waals surface area contributed by atoms with E-state index in [2.05, 4.69) is 5.92 Å². The minimum absolute atomic E-state index is 0.294. The van der Waals surface area contributed by atoms with Crippen molar-refractivity contribution in [3.63, 3.8) is 0 Å². The smallest absolute Gasteiger partial charge is 0.148 e. The highest BCUT2D eigenvalue weighted by atomic mass is 35.5. The standard InChI is InChI=1S/C10H9ClO/c1-3-6-12-10-5-4-9(11)7-8(10)2/h1,4-5,7H,6H2,2H3. The van der Waals surface area contributed by atoms with Crippen LogP contribution in [-0.2, 0) is 0 Å². The van der Waals surface area contributed by atoms with E-state index in [1.807, 2.05) is 19.1 Å². The fourth-order valence-corrected chi connectivity index (χ4v) is 1.12. The first-order valence-corrected chi connectivity index (χ1v) is 3.94. The third-order valence-electron chi connectivity index (χ3n) is 1.45. The molecule has 0 atom stereocenters. The van der Waals surface area contributed by atoms with Gasteiger partial charge in [-0.1, -0.05) is 17.5 Å². The second-order valence-electron chi connectivity index (χ2n) is 2.40. The van der Waals surface area contributed by atoms with Gasteiger partial charge in [0.1, 0.15) is 12.4 Å². The molecular formula is C10H9ClO. The highest BCUT2D eigenvalue weighted by Crippen LogP contribution is 2.21. The van der Waals surface area contributed by atoms with E-state index in [0.29, 0.717) is 11.6 Å².